The summed E-state index contributed by atoms with van der Waals surface area (Å²) in [7, 11) is 0. The van der Waals surface area contributed by atoms with E-state index in [0.29, 0.717) is 6.54 Å². The minimum absolute atomic E-state index is 0.273. The predicted octanol–water partition coefficient (Wildman–Crippen LogP) is 4.11. The van der Waals surface area contributed by atoms with Crippen LogP contribution in [0.25, 0.3) is 0 Å². The van der Waals surface area contributed by atoms with E-state index in [-0.39, 0.29) is 17.2 Å². The molecule has 144 valence electrons. The summed E-state index contributed by atoms with van der Waals surface area (Å²) < 4.78 is 40.2. The fraction of sp³-hybridized carbons (Fsp3) is 0.350. The Bertz CT molecular complexity index is 752. The SMILES string of the molecule is O=C(NCc1ccc(CN2CCCC2)cc1)c1ccc(OC(F)(F)F)cc1. The minimum Gasteiger partial charge on any atom is -0.406 e. The maximum Gasteiger partial charge on any atom is 0.573 e. The first-order chi connectivity index (χ1) is 12.9. The largest absolute Gasteiger partial charge is 0.573 e. The zero-order valence-electron chi connectivity index (χ0n) is 14.8. The second-order valence-corrected chi connectivity index (χ2v) is 6.55. The van der Waals surface area contributed by atoms with Crippen LogP contribution in [0.5, 0.6) is 5.75 Å². The van der Waals surface area contributed by atoms with E-state index in [4.69, 9.17) is 0 Å². The Balaban J connectivity index is 1.49. The van der Waals surface area contributed by atoms with Gasteiger partial charge in [-0.25, -0.2) is 0 Å². The van der Waals surface area contributed by atoms with Gasteiger partial charge in [0.25, 0.3) is 5.91 Å². The Morgan fingerprint density at radius 2 is 1.56 bits per heavy atom. The molecule has 0 bridgehead atoms. The summed E-state index contributed by atoms with van der Waals surface area (Å²) >= 11 is 0. The molecule has 1 N–H and O–H groups in total. The quantitative estimate of drug-likeness (QED) is 0.823. The molecular formula is C20H21F3N2O2. The lowest BCUT2D eigenvalue weighted by atomic mass is 10.1. The summed E-state index contributed by atoms with van der Waals surface area (Å²) in [5.41, 5.74) is 2.48. The number of hydrogen-bond donors (Lipinski definition) is 1. The van der Waals surface area contributed by atoms with Crippen LogP contribution in [0.3, 0.4) is 0 Å². The van der Waals surface area contributed by atoms with Gasteiger partial charge >= 0.3 is 6.36 Å². The number of likely N-dealkylation sites (tertiary alicyclic amines) is 1. The van der Waals surface area contributed by atoms with Crippen molar-refractivity contribution in [2.75, 3.05) is 13.1 Å². The van der Waals surface area contributed by atoms with Gasteiger partial charge in [-0.1, -0.05) is 24.3 Å². The molecule has 1 fully saturated rings. The molecular weight excluding hydrogens is 357 g/mol. The molecule has 2 aromatic rings. The van der Waals surface area contributed by atoms with Crippen molar-refractivity contribution < 1.29 is 22.7 Å². The maximum absolute atomic E-state index is 12.1. The second kappa shape index (κ2) is 8.43. The first-order valence-electron chi connectivity index (χ1n) is 8.83. The molecule has 27 heavy (non-hydrogen) atoms. The molecule has 7 heteroatoms. The lowest BCUT2D eigenvalue weighted by Gasteiger charge is -2.14. The van der Waals surface area contributed by atoms with Gasteiger partial charge < -0.3 is 10.1 Å². The highest BCUT2D eigenvalue weighted by atomic mass is 19.4. The third kappa shape index (κ3) is 5.99. The van der Waals surface area contributed by atoms with Crippen LogP contribution < -0.4 is 10.1 Å². The predicted molar refractivity (Wildman–Crippen MR) is 95.2 cm³/mol. The van der Waals surface area contributed by atoms with Crippen LogP contribution in [-0.2, 0) is 13.1 Å². The molecule has 1 aliphatic rings. The van der Waals surface area contributed by atoms with E-state index in [1.54, 1.807) is 0 Å². The highest BCUT2D eigenvalue weighted by molar-refractivity contribution is 5.94. The third-order valence-corrected chi connectivity index (χ3v) is 4.43. The van der Waals surface area contributed by atoms with Crippen molar-refractivity contribution >= 4 is 5.91 Å². The highest BCUT2D eigenvalue weighted by Gasteiger charge is 2.31. The van der Waals surface area contributed by atoms with Gasteiger partial charge in [0.2, 0.25) is 0 Å². The van der Waals surface area contributed by atoms with E-state index in [1.807, 2.05) is 12.1 Å². The summed E-state index contributed by atoms with van der Waals surface area (Å²) in [6, 6.07) is 12.9. The molecule has 0 radical (unpaired) electrons. The fourth-order valence-corrected chi connectivity index (χ4v) is 3.05. The Morgan fingerprint density at radius 3 is 2.15 bits per heavy atom. The van der Waals surface area contributed by atoms with Gasteiger partial charge in [-0.2, -0.15) is 0 Å². The number of hydrogen-bond acceptors (Lipinski definition) is 3. The average Bonchev–Trinajstić information content (AvgIpc) is 3.13. The van der Waals surface area contributed by atoms with Crippen LogP contribution in [0.4, 0.5) is 13.2 Å². The van der Waals surface area contributed by atoms with Gasteiger partial charge in [0, 0.05) is 18.7 Å². The number of carbonyl (C=O) groups is 1. The number of nitrogens with one attached hydrogen (secondary N) is 1. The number of alkyl halides is 3. The number of halogens is 3. The molecule has 1 heterocycles. The number of carbonyl (C=O) groups excluding carboxylic acids is 1. The number of benzene rings is 2. The summed E-state index contributed by atoms with van der Waals surface area (Å²) in [5.74, 6) is -0.706. The number of ether oxygens (including phenoxy) is 1. The van der Waals surface area contributed by atoms with Gasteiger partial charge in [0.05, 0.1) is 0 Å². The third-order valence-electron chi connectivity index (χ3n) is 4.43. The molecule has 2 aromatic carbocycles. The topological polar surface area (TPSA) is 41.6 Å². The highest BCUT2D eigenvalue weighted by Crippen LogP contribution is 2.22. The van der Waals surface area contributed by atoms with Gasteiger partial charge in [-0.05, 0) is 61.3 Å². The van der Waals surface area contributed by atoms with Gasteiger partial charge in [-0.15, -0.1) is 13.2 Å². The first-order valence-corrected chi connectivity index (χ1v) is 8.83. The summed E-state index contributed by atoms with van der Waals surface area (Å²) in [5, 5.41) is 2.76. The first kappa shape index (κ1) is 19.2. The molecule has 0 spiro atoms. The average molecular weight is 378 g/mol. The molecule has 0 atom stereocenters. The molecule has 3 rings (SSSR count). The monoisotopic (exact) mass is 378 g/mol. The minimum atomic E-state index is -4.75. The van der Waals surface area contributed by atoms with Crippen LogP contribution in [0, 0.1) is 0 Å². The maximum atomic E-state index is 12.1. The molecule has 0 saturated carbocycles. The van der Waals surface area contributed by atoms with Crippen LogP contribution in [0.15, 0.2) is 48.5 Å². The van der Waals surface area contributed by atoms with E-state index >= 15 is 0 Å². The van der Waals surface area contributed by atoms with E-state index < -0.39 is 6.36 Å². The van der Waals surface area contributed by atoms with Crippen molar-refractivity contribution in [2.45, 2.75) is 32.3 Å². The van der Waals surface area contributed by atoms with Crippen LogP contribution in [0.2, 0.25) is 0 Å². The van der Waals surface area contributed by atoms with Crippen LogP contribution >= 0.6 is 0 Å². The van der Waals surface area contributed by atoms with Crippen molar-refractivity contribution in [2.24, 2.45) is 0 Å². The zero-order valence-corrected chi connectivity index (χ0v) is 14.8. The van der Waals surface area contributed by atoms with Crippen LogP contribution in [0.1, 0.15) is 34.3 Å². The molecule has 1 aliphatic heterocycles. The smallest absolute Gasteiger partial charge is 0.406 e. The second-order valence-electron chi connectivity index (χ2n) is 6.55. The number of nitrogens with zero attached hydrogens (tertiary/aromatic N) is 1. The van der Waals surface area contributed by atoms with Crippen molar-refractivity contribution in [1.29, 1.82) is 0 Å². The number of amides is 1. The number of rotatable bonds is 6. The Morgan fingerprint density at radius 1 is 0.963 bits per heavy atom. The lowest BCUT2D eigenvalue weighted by molar-refractivity contribution is -0.274. The van der Waals surface area contributed by atoms with E-state index in [1.165, 1.54) is 30.5 Å². The molecule has 1 amide bonds. The molecule has 1 saturated heterocycles. The standard InChI is InChI=1S/C20H21F3N2O2/c21-20(22,23)27-18-9-7-17(8-10-18)19(26)24-13-15-3-5-16(6-4-15)14-25-11-1-2-12-25/h3-10H,1-2,11-14H2,(H,24,26). The van der Waals surface area contributed by atoms with Crippen LogP contribution in [-0.4, -0.2) is 30.3 Å². The van der Waals surface area contributed by atoms with E-state index in [2.05, 4.69) is 27.1 Å². The Hall–Kier alpha value is -2.54. The van der Waals surface area contributed by atoms with Crippen molar-refractivity contribution in [3.63, 3.8) is 0 Å². The van der Waals surface area contributed by atoms with Gasteiger partial charge in [0.1, 0.15) is 5.75 Å². The van der Waals surface area contributed by atoms with Gasteiger partial charge in [0.15, 0.2) is 0 Å². The van der Waals surface area contributed by atoms with Crippen molar-refractivity contribution in [3.05, 3.63) is 65.2 Å². The van der Waals surface area contributed by atoms with E-state index in [9.17, 15) is 18.0 Å². The fourth-order valence-electron chi connectivity index (χ4n) is 3.05. The summed E-state index contributed by atoms with van der Waals surface area (Å²) in [6.45, 7) is 3.58. The molecule has 4 nitrogen and oxygen atoms in total. The zero-order chi connectivity index (χ0) is 19.3. The lowest BCUT2D eigenvalue weighted by Crippen LogP contribution is -2.23. The van der Waals surface area contributed by atoms with Crippen molar-refractivity contribution in [3.8, 4) is 5.75 Å². The van der Waals surface area contributed by atoms with E-state index in [0.717, 1.165) is 37.3 Å². The Labute approximate surface area is 155 Å². The summed E-state index contributed by atoms with van der Waals surface area (Å²) in [4.78, 5) is 14.6. The van der Waals surface area contributed by atoms with Gasteiger partial charge in [-0.3, -0.25) is 9.69 Å². The Kier molecular flexibility index (Phi) is 6.01. The normalized spacial score (nSPS) is 14.9. The molecule has 0 aromatic heterocycles. The van der Waals surface area contributed by atoms with Crippen molar-refractivity contribution in [1.82, 2.24) is 10.2 Å². The molecule has 0 aliphatic carbocycles. The summed E-state index contributed by atoms with van der Waals surface area (Å²) in [6.07, 6.45) is -2.23. The molecule has 0 unspecified atom stereocenters.